The predicted molar refractivity (Wildman–Crippen MR) is 108 cm³/mol. The molecule has 140 valence electrons. The Hall–Kier alpha value is 0.199. The van der Waals surface area contributed by atoms with E-state index in [1.807, 2.05) is 0 Å². The van der Waals surface area contributed by atoms with E-state index in [0.717, 1.165) is 0 Å². The average molecular weight is 443 g/mol. The summed E-state index contributed by atoms with van der Waals surface area (Å²) in [5.74, 6) is 0. The van der Waals surface area contributed by atoms with E-state index >= 15 is 0 Å². The minimum absolute atomic E-state index is 0.161. The molecule has 0 spiro atoms. The molecule has 1 saturated heterocycles. The molecule has 0 aromatic heterocycles. The van der Waals surface area contributed by atoms with Crippen LogP contribution in [-0.4, -0.2) is 36.9 Å². The topological polar surface area (TPSA) is 18.5 Å². The van der Waals surface area contributed by atoms with Crippen molar-refractivity contribution in [3.8, 4) is 0 Å². The summed E-state index contributed by atoms with van der Waals surface area (Å²) in [5, 5.41) is 0. The van der Waals surface area contributed by atoms with Crippen molar-refractivity contribution < 1.29 is 9.47 Å². The van der Waals surface area contributed by atoms with E-state index in [1.54, 1.807) is 0 Å². The van der Waals surface area contributed by atoms with E-state index in [0.29, 0.717) is 0 Å². The van der Waals surface area contributed by atoms with Gasteiger partial charge in [0.2, 0.25) is 0 Å². The van der Waals surface area contributed by atoms with Crippen LogP contribution in [-0.2, 0) is 9.47 Å². The van der Waals surface area contributed by atoms with Crippen LogP contribution in [0.4, 0.5) is 0 Å². The second-order valence-corrected chi connectivity index (χ2v) is 20.5. The van der Waals surface area contributed by atoms with Gasteiger partial charge >= 0.3 is 155 Å². The molecule has 2 nitrogen and oxygen atoms in total. The summed E-state index contributed by atoms with van der Waals surface area (Å²) < 4.78 is 18.8. The standard InChI is InChI=1S/C9H13O2.3C4H9.Sn/c1-4-5-6-9-10-7(2)8(3)11-9;3*1-3-4-2;/h1,4-9H,2-3H3;3*1,3-4H2,2H3;/b4-1?,6-5+;;;;. The van der Waals surface area contributed by atoms with Crippen LogP contribution in [0.2, 0.25) is 13.3 Å². The first-order valence-electron chi connectivity index (χ1n) is 10.2. The van der Waals surface area contributed by atoms with Gasteiger partial charge in [-0.05, 0) is 0 Å². The van der Waals surface area contributed by atoms with Crippen LogP contribution < -0.4 is 0 Å². The number of hydrogen-bond donors (Lipinski definition) is 0. The third kappa shape index (κ3) is 8.05. The van der Waals surface area contributed by atoms with E-state index < -0.39 is 18.4 Å². The Labute approximate surface area is 154 Å². The van der Waals surface area contributed by atoms with Crippen molar-refractivity contribution in [3.63, 3.8) is 0 Å². The van der Waals surface area contributed by atoms with Crippen molar-refractivity contribution in [2.24, 2.45) is 0 Å². The van der Waals surface area contributed by atoms with Gasteiger partial charge in [-0.15, -0.1) is 0 Å². The number of ether oxygens (including phenoxy) is 2. The molecule has 24 heavy (non-hydrogen) atoms. The summed E-state index contributed by atoms with van der Waals surface area (Å²) in [7, 11) is 0. The summed E-state index contributed by atoms with van der Waals surface area (Å²) in [5.41, 5.74) is 0. The quantitative estimate of drug-likeness (QED) is 0.249. The normalized spacial score (nSPS) is 25.3. The molecule has 2 unspecified atom stereocenters. The molecule has 0 aliphatic carbocycles. The molecule has 0 radical (unpaired) electrons. The summed E-state index contributed by atoms with van der Waals surface area (Å²) in [6.45, 7) is 11.1. The monoisotopic (exact) mass is 444 g/mol. The molecule has 0 bridgehead atoms. The summed E-state index contributed by atoms with van der Waals surface area (Å²) >= 11 is -2.12. The molecule has 3 heteroatoms. The van der Waals surface area contributed by atoms with Gasteiger partial charge in [0.05, 0.1) is 0 Å². The van der Waals surface area contributed by atoms with Crippen LogP contribution in [0.15, 0.2) is 22.3 Å². The van der Waals surface area contributed by atoms with Gasteiger partial charge in [0.15, 0.2) is 0 Å². The van der Waals surface area contributed by atoms with Crippen molar-refractivity contribution in [1.82, 2.24) is 0 Å². The molecule has 0 saturated carbocycles. The second kappa shape index (κ2) is 12.5. The molecule has 1 rings (SSSR count). The molecule has 0 aromatic carbocycles. The van der Waals surface area contributed by atoms with Crippen LogP contribution in [0.3, 0.4) is 0 Å². The van der Waals surface area contributed by atoms with Crippen molar-refractivity contribution in [3.05, 3.63) is 22.3 Å². The Balaban J connectivity index is 2.69. The molecule has 1 aliphatic rings. The first-order chi connectivity index (χ1) is 11.6. The summed E-state index contributed by atoms with van der Waals surface area (Å²) in [4.78, 5) is 0. The Kier molecular flexibility index (Phi) is 11.6. The first-order valence-corrected chi connectivity index (χ1v) is 17.9. The fraction of sp³-hybridized carbons (Fsp3) is 0.810. The molecule has 0 amide bonds. The molecular formula is C21H40O2Sn. The average Bonchev–Trinajstić information content (AvgIpc) is 2.90. The molecule has 0 N–H and O–H groups in total. The van der Waals surface area contributed by atoms with Crippen molar-refractivity contribution >= 4 is 18.4 Å². The molecule has 0 aromatic rings. The van der Waals surface area contributed by atoms with Crippen molar-refractivity contribution in [2.45, 2.75) is 105 Å². The Morgan fingerprint density at radius 2 is 1.21 bits per heavy atom. The zero-order chi connectivity index (χ0) is 17.8. The maximum atomic E-state index is 5.77. The molecular weight excluding hydrogens is 403 g/mol. The van der Waals surface area contributed by atoms with E-state index in [-0.39, 0.29) is 18.5 Å². The first kappa shape index (κ1) is 22.2. The zero-order valence-corrected chi connectivity index (χ0v) is 19.6. The zero-order valence-electron chi connectivity index (χ0n) is 16.7. The molecule has 2 atom stereocenters. The summed E-state index contributed by atoms with van der Waals surface area (Å²) in [6, 6.07) is 0. The van der Waals surface area contributed by atoms with E-state index in [4.69, 9.17) is 9.47 Å². The van der Waals surface area contributed by atoms with Crippen LogP contribution in [0.25, 0.3) is 0 Å². The van der Waals surface area contributed by atoms with Gasteiger partial charge in [-0.1, -0.05) is 0 Å². The number of rotatable bonds is 12. The van der Waals surface area contributed by atoms with Gasteiger partial charge in [-0.25, -0.2) is 0 Å². The number of allylic oxidation sites excluding steroid dienone is 2. The summed E-state index contributed by atoms with van der Waals surface area (Å²) in [6.07, 6.45) is 15.1. The SMILES string of the molecule is CCC[CH2][Sn](/[CH]=C/C=C/C1OC(C)C(C)O1)([CH2]CCC)[CH2]CCC. The van der Waals surface area contributed by atoms with Gasteiger partial charge in [0.1, 0.15) is 0 Å². The van der Waals surface area contributed by atoms with E-state index in [2.05, 4.69) is 56.9 Å². The van der Waals surface area contributed by atoms with Crippen LogP contribution in [0.1, 0.15) is 73.1 Å². The third-order valence-corrected chi connectivity index (χ3v) is 19.4. The fourth-order valence-corrected chi connectivity index (χ4v) is 17.5. The second-order valence-electron chi connectivity index (χ2n) is 7.47. The van der Waals surface area contributed by atoms with Gasteiger partial charge < -0.3 is 0 Å². The Morgan fingerprint density at radius 1 is 0.750 bits per heavy atom. The van der Waals surface area contributed by atoms with Gasteiger partial charge in [0.25, 0.3) is 0 Å². The Morgan fingerprint density at radius 3 is 1.62 bits per heavy atom. The molecule has 1 heterocycles. The maximum absolute atomic E-state index is 5.77. The van der Waals surface area contributed by atoms with E-state index in [1.165, 1.54) is 51.8 Å². The Bertz CT molecular complexity index is 346. The molecule has 1 aliphatic heterocycles. The number of unbranched alkanes of at least 4 members (excludes halogenated alkanes) is 3. The number of hydrogen-bond acceptors (Lipinski definition) is 2. The molecule has 1 fully saturated rings. The van der Waals surface area contributed by atoms with Crippen molar-refractivity contribution in [1.29, 1.82) is 0 Å². The van der Waals surface area contributed by atoms with E-state index in [9.17, 15) is 0 Å². The van der Waals surface area contributed by atoms with Crippen molar-refractivity contribution in [2.75, 3.05) is 0 Å². The van der Waals surface area contributed by atoms with Crippen LogP contribution >= 0.6 is 0 Å². The van der Waals surface area contributed by atoms with Gasteiger partial charge in [0, 0.05) is 0 Å². The minimum atomic E-state index is -2.12. The third-order valence-electron chi connectivity index (χ3n) is 5.27. The fourth-order valence-electron chi connectivity index (χ4n) is 3.39. The van der Waals surface area contributed by atoms with Crippen LogP contribution in [0, 0.1) is 0 Å². The van der Waals surface area contributed by atoms with Gasteiger partial charge in [-0.2, -0.15) is 0 Å². The predicted octanol–water partition coefficient (Wildman–Crippen LogP) is 6.64. The van der Waals surface area contributed by atoms with Crippen LogP contribution in [0.5, 0.6) is 0 Å². The van der Waals surface area contributed by atoms with Gasteiger partial charge in [-0.3, -0.25) is 0 Å².